The maximum atomic E-state index is 12.4. The molecule has 1 atom stereocenters. The smallest absolute Gasteiger partial charge is 0.281 e. The number of rotatable bonds is 5. The Balaban J connectivity index is 2.22. The summed E-state index contributed by atoms with van der Waals surface area (Å²) >= 11 is 0. The number of nitrogens with zero attached hydrogens (tertiary/aromatic N) is 3. The first-order valence-corrected chi connectivity index (χ1v) is 9.10. The highest BCUT2D eigenvalue weighted by molar-refractivity contribution is 7.86. The van der Waals surface area contributed by atoms with Crippen molar-refractivity contribution in [3.05, 3.63) is 0 Å². The minimum atomic E-state index is -3.46. The Kier molecular flexibility index (Phi) is 4.95. The average Bonchev–Trinajstić information content (AvgIpc) is 3.19. The standard InChI is InChI=1S/C14H27N3O3S/c1-11(2)13-10-16(21(19,20)15(3)4)8-7-14(18)17(13)9-12-5-6-12/h11-13H,5-10H2,1-4H3. The summed E-state index contributed by atoms with van der Waals surface area (Å²) in [5, 5.41) is 0. The van der Waals surface area contributed by atoms with Gasteiger partial charge in [-0.2, -0.15) is 17.0 Å². The van der Waals surface area contributed by atoms with Crippen molar-refractivity contribution in [1.29, 1.82) is 0 Å². The molecule has 2 rings (SSSR count). The average molecular weight is 317 g/mol. The molecule has 2 fully saturated rings. The van der Waals surface area contributed by atoms with Gasteiger partial charge in [0, 0.05) is 46.2 Å². The fraction of sp³-hybridized carbons (Fsp3) is 0.929. The van der Waals surface area contributed by atoms with Gasteiger partial charge in [-0.3, -0.25) is 4.79 Å². The van der Waals surface area contributed by atoms with Crippen molar-refractivity contribution in [2.75, 3.05) is 33.7 Å². The molecule has 0 bridgehead atoms. The SMILES string of the molecule is CC(C)C1CN(S(=O)(=O)N(C)C)CCC(=O)N1CC1CC1. The number of hydrogen-bond acceptors (Lipinski definition) is 3. The van der Waals surface area contributed by atoms with Crippen molar-refractivity contribution in [2.24, 2.45) is 11.8 Å². The fourth-order valence-corrected chi connectivity index (χ4v) is 3.90. The second kappa shape index (κ2) is 6.22. The van der Waals surface area contributed by atoms with Crippen LogP contribution in [0.1, 0.15) is 33.1 Å². The second-order valence-electron chi connectivity index (χ2n) is 6.70. The minimum absolute atomic E-state index is 0.0321. The van der Waals surface area contributed by atoms with Gasteiger partial charge >= 0.3 is 0 Å². The van der Waals surface area contributed by atoms with E-state index in [-0.39, 0.29) is 30.8 Å². The summed E-state index contributed by atoms with van der Waals surface area (Å²) < 4.78 is 27.4. The van der Waals surface area contributed by atoms with Gasteiger partial charge in [0.05, 0.1) is 0 Å². The lowest BCUT2D eigenvalue weighted by Gasteiger charge is -2.35. The zero-order valence-corrected chi connectivity index (χ0v) is 14.3. The third-order valence-corrected chi connectivity index (χ3v) is 6.30. The van der Waals surface area contributed by atoms with Crippen LogP contribution >= 0.6 is 0 Å². The molecule has 122 valence electrons. The molecule has 1 aliphatic heterocycles. The zero-order chi connectivity index (χ0) is 15.8. The molecule has 6 nitrogen and oxygen atoms in total. The first kappa shape index (κ1) is 16.7. The predicted octanol–water partition coefficient (Wildman–Crippen LogP) is 0.762. The summed E-state index contributed by atoms with van der Waals surface area (Å²) in [5.41, 5.74) is 0. The normalized spacial score (nSPS) is 25.7. The molecule has 2 aliphatic rings. The first-order valence-electron chi connectivity index (χ1n) is 7.70. The zero-order valence-electron chi connectivity index (χ0n) is 13.4. The Morgan fingerprint density at radius 3 is 2.38 bits per heavy atom. The van der Waals surface area contributed by atoms with E-state index < -0.39 is 10.2 Å². The van der Waals surface area contributed by atoms with Crippen molar-refractivity contribution in [1.82, 2.24) is 13.5 Å². The Labute approximate surface area is 128 Å². The number of carbonyl (C=O) groups is 1. The lowest BCUT2D eigenvalue weighted by Crippen LogP contribution is -2.49. The summed E-state index contributed by atoms with van der Waals surface area (Å²) in [7, 11) is -0.389. The van der Waals surface area contributed by atoms with Gasteiger partial charge in [-0.15, -0.1) is 0 Å². The third kappa shape index (κ3) is 3.76. The van der Waals surface area contributed by atoms with E-state index in [2.05, 4.69) is 13.8 Å². The molecule has 0 aromatic carbocycles. The molecule has 7 heteroatoms. The van der Waals surface area contributed by atoms with E-state index in [4.69, 9.17) is 0 Å². The van der Waals surface area contributed by atoms with Crippen LogP contribution in [0.2, 0.25) is 0 Å². The van der Waals surface area contributed by atoms with Crippen LogP contribution < -0.4 is 0 Å². The van der Waals surface area contributed by atoms with Crippen LogP contribution in [-0.4, -0.2) is 67.6 Å². The molecule has 21 heavy (non-hydrogen) atoms. The molecule has 1 saturated carbocycles. The molecule has 1 amide bonds. The van der Waals surface area contributed by atoms with E-state index in [1.807, 2.05) is 4.90 Å². The summed E-state index contributed by atoms with van der Waals surface area (Å²) in [6.45, 7) is 5.59. The lowest BCUT2D eigenvalue weighted by molar-refractivity contribution is -0.133. The van der Waals surface area contributed by atoms with E-state index in [0.29, 0.717) is 12.5 Å². The van der Waals surface area contributed by atoms with Crippen LogP contribution in [0.4, 0.5) is 0 Å². The highest BCUT2D eigenvalue weighted by Gasteiger charge is 2.38. The molecule has 1 aliphatic carbocycles. The summed E-state index contributed by atoms with van der Waals surface area (Å²) in [6.07, 6.45) is 2.66. The van der Waals surface area contributed by atoms with Crippen molar-refractivity contribution in [3.8, 4) is 0 Å². The molecule has 0 radical (unpaired) electrons. The predicted molar refractivity (Wildman–Crippen MR) is 81.9 cm³/mol. The minimum Gasteiger partial charge on any atom is -0.338 e. The molecule has 0 spiro atoms. The number of carbonyl (C=O) groups excluding carboxylic acids is 1. The van der Waals surface area contributed by atoms with Gasteiger partial charge in [0.15, 0.2) is 0 Å². The van der Waals surface area contributed by atoms with Crippen molar-refractivity contribution in [2.45, 2.75) is 39.2 Å². The molecule has 1 heterocycles. The topological polar surface area (TPSA) is 60.9 Å². The van der Waals surface area contributed by atoms with Crippen LogP contribution in [-0.2, 0) is 15.0 Å². The second-order valence-corrected chi connectivity index (χ2v) is 8.84. The van der Waals surface area contributed by atoms with Gasteiger partial charge in [0.25, 0.3) is 10.2 Å². The highest BCUT2D eigenvalue weighted by atomic mass is 32.2. The van der Waals surface area contributed by atoms with Crippen LogP contribution in [0.15, 0.2) is 0 Å². The molecular formula is C14H27N3O3S. The van der Waals surface area contributed by atoms with Gasteiger partial charge in [0.2, 0.25) is 5.91 Å². The quantitative estimate of drug-likeness (QED) is 0.752. The maximum Gasteiger partial charge on any atom is 0.281 e. The number of amides is 1. The molecule has 0 aromatic rings. The third-order valence-electron chi connectivity index (χ3n) is 4.40. The molecule has 0 aromatic heterocycles. The van der Waals surface area contributed by atoms with Gasteiger partial charge in [0.1, 0.15) is 0 Å². The Bertz CT molecular complexity index is 486. The van der Waals surface area contributed by atoms with Crippen LogP contribution in [0, 0.1) is 11.8 Å². The van der Waals surface area contributed by atoms with E-state index in [0.717, 1.165) is 6.54 Å². The van der Waals surface area contributed by atoms with Crippen molar-refractivity contribution < 1.29 is 13.2 Å². The lowest BCUT2D eigenvalue weighted by atomic mass is 10.0. The fourth-order valence-electron chi connectivity index (χ4n) is 2.77. The van der Waals surface area contributed by atoms with E-state index >= 15 is 0 Å². The largest absolute Gasteiger partial charge is 0.338 e. The van der Waals surface area contributed by atoms with Crippen LogP contribution in [0.5, 0.6) is 0 Å². The van der Waals surface area contributed by atoms with Crippen molar-refractivity contribution >= 4 is 16.1 Å². The van der Waals surface area contributed by atoms with E-state index in [1.54, 1.807) is 0 Å². The molecular weight excluding hydrogens is 290 g/mol. The Hall–Kier alpha value is -0.660. The van der Waals surface area contributed by atoms with Crippen LogP contribution in [0.25, 0.3) is 0 Å². The van der Waals surface area contributed by atoms with Gasteiger partial charge in [-0.25, -0.2) is 0 Å². The highest BCUT2D eigenvalue weighted by Crippen LogP contribution is 2.32. The van der Waals surface area contributed by atoms with Crippen molar-refractivity contribution in [3.63, 3.8) is 0 Å². The molecule has 1 saturated heterocycles. The van der Waals surface area contributed by atoms with Gasteiger partial charge < -0.3 is 4.90 Å². The maximum absolute atomic E-state index is 12.4. The summed E-state index contributed by atoms with van der Waals surface area (Å²) in [4.78, 5) is 14.4. The monoisotopic (exact) mass is 317 g/mol. The first-order chi connectivity index (χ1) is 9.73. The Morgan fingerprint density at radius 1 is 1.29 bits per heavy atom. The van der Waals surface area contributed by atoms with E-state index in [9.17, 15) is 13.2 Å². The van der Waals surface area contributed by atoms with Crippen LogP contribution in [0.3, 0.4) is 0 Å². The van der Waals surface area contributed by atoms with Gasteiger partial charge in [-0.05, 0) is 24.7 Å². The molecule has 0 N–H and O–H groups in total. The van der Waals surface area contributed by atoms with Gasteiger partial charge in [-0.1, -0.05) is 13.8 Å². The Morgan fingerprint density at radius 2 is 1.90 bits per heavy atom. The molecule has 1 unspecified atom stereocenters. The summed E-state index contributed by atoms with van der Waals surface area (Å²) in [6, 6.07) is -0.0321. The van der Waals surface area contributed by atoms with E-state index in [1.165, 1.54) is 35.5 Å². The number of hydrogen-bond donors (Lipinski definition) is 0. The summed E-state index contributed by atoms with van der Waals surface area (Å²) in [5.74, 6) is 0.954.